The standard InChI is InChI=1S/C19H21N3O3S/c1-26(24,25)22-14-19(16-6-2-3-7-17(16)22)8-11-21(12-9-19)18(23)15-5-4-10-20-13-15/h2-7,10,13H,8-9,11-12,14H2,1H3. The van der Waals surface area contributed by atoms with Crippen LogP contribution in [0.2, 0.25) is 0 Å². The molecule has 1 aromatic heterocycles. The van der Waals surface area contributed by atoms with Gasteiger partial charge in [0.15, 0.2) is 0 Å². The summed E-state index contributed by atoms with van der Waals surface area (Å²) in [6, 6.07) is 11.3. The van der Waals surface area contributed by atoms with Crippen LogP contribution in [-0.4, -0.2) is 50.1 Å². The van der Waals surface area contributed by atoms with Gasteiger partial charge in [-0.3, -0.25) is 14.1 Å². The Hall–Kier alpha value is -2.41. The van der Waals surface area contributed by atoms with Gasteiger partial charge in [-0.2, -0.15) is 0 Å². The number of nitrogens with zero attached hydrogens (tertiary/aromatic N) is 3. The highest BCUT2D eigenvalue weighted by molar-refractivity contribution is 7.92. The van der Waals surface area contributed by atoms with Crippen LogP contribution in [-0.2, 0) is 15.4 Å². The van der Waals surface area contributed by atoms with Gasteiger partial charge in [0.25, 0.3) is 5.91 Å². The van der Waals surface area contributed by atoms with E-state index in [1.807, 2.05) is 29.2 Å². The Morgan fingerprint density at radius 2 is 1.85 bits per heavy atom. The number of carbonyl (C=O) groups is 1. The molecule has 2 aliphatic heterocycles. The molecule has 1 spiro atoms. The van der Waals surface area contributed by atoms with Crippen molar-refractivity contribution in [2.24, 2.45) is 0 Å². The lowest BCUT2D eigenvalue weighted by atomic mass is 9.74. The summed E-state index contributed by atoms with van der Waals surface area (Å²) in [5.41, 5.74) is 2.24. The third-order valence-electron chi connectivity index (χ3n) is 5.51. The maximum absolute atomic E-state index is 12.7. The van der Waals surface area contributed by atoms with Gasteiger partial charge in [0.05, 0.1) is 17.5 Å². The zero-order valence-electron chi connectivity index (χ0n) is 14.6. The highest BCUT2D eigenvalue weighted by Gasteiger charge is 2.47. The molecule has 1 amide bonds. The molecule has 0 saturated carbocycles. The number of likely N-dealkylation sites (tertiary alicyclic amines) is 1. The molecule has 2 aliphatic rings. The summed E-state index contributed by atoms with van der Waals surface area (Å²) in [6.07, 6.45) is 5.99. The Kier molecular flexibility index (Phi) is 3.99. The van der Waals surface area contributed by atoms with E-state index < -0.39 is 10.0 Å². The van der Waals surface area contributed by atoms with Crippen LogP contribution in [0.25, 0.3) is 0 Å². The summed E-state index contributed by atoms with van der Waals surface area (Å²) < 4.78 is 26.0. The Balaban J connectivity index is 1.58. The van der Waals surface area contributed by atoms with Crippen molar-refractivity contribution in [3.63, 3.8) is 0 Å². The predicted molar refractivity (Wildman–Crippen MR) is 99.7 cm³/mol. The SMILES string of the molecule is CS(=O)(=O)N1CC2(CCN(C(=O)c3cccnc3)CC2)c2ccccc21. The lowest BCUT2D eigenvalue weighted by Crippen LogP contribution is -2.47. The number of para-hydroxylation sites is 1. The van der Waals surface area contributed by atoms with Gasteiger partial charge in [-0.25, -0.2) is 8.42 Å². The molecule has 4 rings (SSSR count). The number of carbonyl (C=O) groups excluding carboxylic acids is 1. The lowest BCUT2D eigenvalue weighted by Gasteiger charge is -2.39. The van der Waals surface area contributed by atoms with Crippen LogP contribution in [0.15, 0.2) is 48.8 Å². The van der Waals surface area contributed by atoms with Crippen molar-refractivity contribution in [2.75, 3.05) is 30.2 Å². The van der Waals surface area contributed by atoms with E-state index in [0.717, 1.165) is 24.1 Å². The van der Waals surface area contributed by atoms with Gasteiger partial charge < -0.3 is 4.90 Å². The number of hydrogen-bond donors (Lipinski definition) is 0. The van der Waals surface area contributed by atoms with E-state index in [1.165, 1.54) is 10.6 Å². The molecule has 0 bridgehead atoms. The predicted octanol–water partition coefficient (Wildman–Crippen LogP) is 2.04. The molecule has 0 unspecified atom stereocenters. The number of piperidine rings is 1. The first kappa shape index (κ1) is 17.0. The number of aromatic nitrogens is 1. The molecule has 3 heterocycles. The van der Waals surface area contributed by atoms with E-state index in [1.54, 1.807) is 24.5 Å². The van der Waals surface area contributed by atoms with Crippen LogP contribution < -0.4 is 4.31 Å². The van der Waals surface area contributed by atoms with Crippen molar-refractivity contribution in [1.82, 2.24) is 9.88 Å². The Morgan fingerprint density at radius 3 is 2.50 bits per heavy atom. The molecule has 7 heteroatoms. The number of hydrogen-bond acceptors (Lipinski definition) is 4. The molecule has 6 nitrogen and oxygen atoms in total. The zero-order chi connectivity index (χ0) is 18.4. The molecule has 0 radical (unpaired) electrons. The quantitative estimate of drug-likeness (QED) is 0.810. The zero-order valence-corrected chi connectivity index (χ0v) is 15.4. The number of pyridine rings is 1. The molecular formula is C19H21N3O3S. The highest BCUT2D eigenvalue weighted by atomic mass is 32.2. The molecule has 1 fully saturated rings. The third-order valence-corrected chi connectivity index (χ3v) is 6.63. The minimum atomic E-state index is -3.32. The molecule has 26 heavy (non-hydrogen) atoms. The topological polar surface area (TPSA) is 70.6 Å². The molecular weight excluding hydrogens is 350 g/mol. The average Bonchev–Trinajstić information content (AvgIpc) is 2.98. The normalized spacial score (nSPS) is 18.8. The smallest absolute Gasteiger partial charge is 0.255 e. The van der Waals surface area contributed by atoms with Gasteiger partial charge in [-0.05, 0) is 36.6 Å². The maximum atomic E-state index is 12.7. The lowest BCUT2D eigenvalue weighted by molar-refractivity contribution is 0.0674. The fraction of sp³-hybridized carbons (Fsp3) is 0.368. The molecule has 1 saturated heterocycles. The van der Waals surface area contributed by atoms with E-state index in [9.17, 15) is 13.2 Å². The van der Waals surface area contributed by atoms with Crippen LogP contribution in [0.3, 0.4) is 0 Å². The van der Waals surface area contributed by atoms with Gasteiger partial charge >= 0.3 is 0 Å². The number of rotatable bonds is 2. The maximum Gasteiger partial charge on any atom is 0.255 e. The average molecular weight is 371 g/mol. The summed E-state index contributed by atoms with van der Waals surface area (Å²) in [5, 5.41) is 0. The first-order chi connectivity index (χ1) is 12.4. The van der Waals surface area contributed by atoms with Crippen molar-refractivity contribution < 1.29 is 13.2 Å². The number of anilines is 1. The second-order valence-electron chi connectivity index (χ2n) is 7.10. The second kappa shape index (κ2) is 6.09. The van der Waals surface area contributed by atoms with E-state index >= 15 is 0 Å². The van der Waals surface area contributed by atoms with Gasteiger partial charge in [-0.1, -0.05) is 18.2 Å². The van der Waals surface area contributed by atoms with Crippen molar-refractivity contribution in [2.45, 2.75) is 18.3 Å². The minimum Gasteiger partial charge on any atom is -0.339 e. The molecule has 136 valence electrons. The summed E-state index contributed by atoms with van der Waals surface area (Å²) >= 11 is 0. The van der Waals surface area contributed by atoms with E-state index in [0.29, 0.717) is 25.2 Å². The number of fused-ring (bicyclic) bond motifs is 2. The van der Waals surface area contributed by atoms with Crippen LogP contribution in [0.4, 0.5) is 5.69 Å². The Labute approximate surface area is 153 Å². The molecule has 0 aliphatic carbocycles. The second-order valence-corrected chi connectivity index (χ2v) is 9.01. The van der Waals surface area contributed by atoms with Crippen molar-refractivity contribution in [3.05, 3.63) is 59.9 Å². The summed E-state index contributed by atoms with van der Waals surface area (Å²) in [4.78, 5) is 18.5. The number of benzene rings is 1. The van der Waals surface area contributed by atoms with Crippen LogP contribution in [0.5, 0.6) is 0 Å². The van der Waals surface area contributed by atoms with Crippen LogP contribution >= 0.6 is 0 Å². The van der Waals surface area contributed by atoms with Crippen molar-refractivity contribution >= 4 is 21.6 Å². The third kappa shape index (κ3) is 2.76. The van der Waals surface area contributed by atoms with Crippen LogP contribution in [0, 0.1) is 0 Å². The van der Waals surface area contributed by atoms with Gasteiger partial charge in [0, 0.05) is 37.4 Å². The van der Waals surface area contributed by atoms with E-state index in [2.05, 4.69) is 4.98 Å². The largest absolute Gasteiger partial charge is 0.339 e. The van der Waals surface area contributed by atoms with Crippen molar-refractivity contribution in [1.29, 1.82) is 0 Å². The molecule has 2 aromatic rings. The first-order valence-corrected chi connectivity index (χ1v) is 10.5. The molecule has 0 N–H and O–H groups in total. The Bertz CT molecular complexity index is 936. The highest BCUT2D eigenvalue weighted by Crippen LogP contribution is 2.47. The van der Waals surface area contributed by atoms with Gasteiger partial charge in [-0.15, -0.1) is 0 Å². The van der Waals surface area contributed by atoms with E-state index in [-0.39, 0.29) is 11.3 Å². The summed E-state index contributed by atoms with van der Waals surface area (Å²) in [5.74, 6) is -0.0146. The summed E-state index contributed by atoms with van der Waals surface area (Å²) in [7, 11) is -3.32. The fourth-order valence-electron chi connectivity index (χ4n) is 4.12. The van der Waals surface area contributed by atoms with Crippen molar-refractivity contribution in [3.8, 4) is 0 Å². The molecule has 1 aromatic carbocycles. The minimum absolute atomic E-state index is 0.0146. The van der Waals surface area contributed by atoms with Crippen LogP contribution in [0.1, 0.15) is 28.8 Å². The summed E-state index contributed by atoms with van der Waals surface area (Å²) in [6.45, 7) is 1.68. The van der Waals surface area contributed by atoms with Gasteiger partial charge in [0.2, 0.25) is 10.0 Å². The number of sulfonamides is 1. The Morgan fingerprint density at radius 1 is 1.12 bits per heavy atom. The monoisotopic (exact) mass is 371 g/mol. The first-order valence-electron chi connectivity index (χ1n) is 8.67. The van der Waals surface area contributed by atoms with E-state index in [4.69, 9.17) is 0 Å². The van der Waals surface area contributed by atoms with Gasteiger partial charge in [0.1, 0.15) is 0 Å². The fourth-order valence-corrected chi connectivity index (χ4v) is 5.12. The number of amides is 1. The molecule has 0 atom stereocenters.